The van der Waals surface area contributed by atoms with Crippen molar-refractivity contribution < 1.29 is 18.0 Å². The second-order valence-electron chi connectivity index (χ2n) is 8.08. The van der Waals surface area contributed by atoms with Gasteiger partial charge in [-0.3, -0.25) is 14.4 Å². The van der Waals surface area contributed by atoms with E-state index in [0.29, 0.717) is 5.39 Å². The molecule has 0 saturated heterocycles. The van der Waals surface area contributed by atoms with Gasteiger partial charge in [0, 0.05) is 43.4 Å². The Bertz CT molecular complexity index is 1380. The zero-order chi connectivity index (χ0) is 24.1. The van der Waals surface area contributed by atoms with Crippen molar-refractivity contribution in [2.45, 2.75) is 37.8 Å². The summed E-state index contributed by atoms with van der Waals surface area (Å²) >= 11 is 0. The Morgan fingerprint density at radius 3 is 2.58 bits per heavy atom. The number of likely N-dealkylation sites (N-methyl/N-ethyl adjacent to an activating group) is 1. The van der Waals surface area contributed by atoms with E-state index in [-0.39, 0.29) is 28.4 Å². The smallest absolute Gasteiger partial charge is 0.352 e. The summed E-state index contributed by atoms with van der Waals surface area (Å²) < 4.78 is 46.5. The van der Waals surface area contributed by atoms with E-state index in [4.69, 9.17) is 0 Å². The standard InChI is InChI=1S/C22H22F3N5O3/c1-11(13-5-4-6-16(18(13)23)22(24,25)21(33)26-2)27-19-15-10-30(12-7-8-12)17(31)9-14(15)20(32)29(3)28-19/h4-6,9-12H,7-8H2,1-3H3,(H,26,33)(H,27,28)/t11-/m0/s1. The van der Waals surface area contributed by atoms with Crippen LogP contribution in [-0.2, 0) is 17.8 Å². The molecule has 8 nitrogen and oxygen atoms in total. The van der Waals surface area contributed by atoms with Crippen LogP contribution in [0.4, 0.5) is 19.0 Å². The van der Waals surface area contributed by atoms with Crippen LogP contribution in [0, 0.1) is 5.82 Å². The van der Waals surface area contributed by atoms with Crippen LogP contribution in [0.25, 0.3) is 10.8 Å². The lowest BCUT2D eigenvalue weighted by Crippen LogP contribution is -2.36. The van der Waals surface area contributed by atoms with Crippen molar-refractivity contribution in [2.24, 2.45) is 7.05 Å². The van der Waals surface area contributed by atoms with Crippen LogP contribution in [0.15, 0.2) is 40.1 Å². The molecule has 0 unspecified atom stereocenters. The minimum atomic E-state index is -4.06. The molecule has 174 valence electrons. The monoisotopic (exact) mass is 461 g/mol. The van der Waals surface area contributed by atoms with Gasteiger partial charge in [0.1, 0.15) is 5.82 Å². The van der Waals surface area contributed by atoms with E-state index in [1.54, 1.807) is 6.20 Å². The molecule has 1 fully saturated rings. The average molecular weight is 461 g/mol. The van der Waals surface area contributed by atoms with Crippen molar-refractivity contribution >= 4 is 22.5 Å². The summed E-state index contributed by atoms with van der Waals surface area (Å²) in [6, 6.07) is 3.85. The third-order valence-corrected chi connectivity index (χ3v) is 5.75. The number of carbonyl (C=O) groups excluding carboxylic acids is 1. The summed E-state index contributed by atoms with van der Waals surface area (Å²) in [5.74, 6) is -6.72. The quantitative estimate of drug-likeness (QED) is 0.588. The first kappa shape index (κ1) is 22.6. The molecule has 2 heterocycles. The lowest BCUT2D eigenvalue weighted by molar-refractivity contribution is -0.146. The van der Waals surface area contributed by atoms with Crippen molar-refractivity contribution in [1.29, 1.82) is 0 Å². The van der Waals surface area contributed by atoms with Gasteiger partial charge in [-0.1, -0.05) is 12.1 Å². The zero-order valence-electron chi connectivity index (χ0n) is 18.2. The van der Waals surface area contributed by atoms with Crippen LogP contribution in [0.5, 0.6) is 0 Å². The molecule has 11 heteroatoms. The Morgan fingerprint density at radius 1 is 1.24 bits per heavy atom. The molecule has 2 aromatic heterocycles. The normalized spacial score (nSPS) is 14.8. The SMILES string of the molecule is CNC(=O)C(F)(F)c1cccc([C@H](C)Nc2nn(C)c(=O)c3cc(=O)n(C4CC4)cc23)c1F. The highest BCUT2D eigenvalue weighted by Gasteiger charge is 2.43. The third-order valence-electron chi connectivity index (χ3n) is 5.75. The lowest BCUT2D eigenvalue weighted by Gasteiger charge is -2.21. The number of pyridine rings is 1. The number of alkyl halides is 2. The van der Waals surface area contributed by atoms with Gasteiger partial charge in [0.05, 0.1) is 17.0 Å². The number of nitrogens with one attached hydrogen (secondary N) is 2. The number of fused-ring (bicyclic) bond motifs is 1. The molecule has 3 aromatic rings. The Kier molecular flexibility index (Phi) is 5.51. The highest BCUT2D eigenvalue weighted by Crippen LogP contribution is 2.36. The number of hydrogen-bond acceptors (Lipinski definition) is 5. The molecule has 1 saturated carbocycles. The topological polar surface area (TPSA) is 98.0 Å². The van der Waals surface area contributed by atoms with Crippen molar-refractivity contribution in [2.75, 3.05) is 12.4 Å². The molecule has 0 bridgehead atoms. The number of hydrogen-bond donors (Lipinski definition) is 2. The fraction of sp³-hybridized carbons (Fsp3) is 0.364. The minimum Gasteiger partial charge on any atom is -0.361 e. The van der Waals surface area contributed by atoms with Crippen LogP contribution in [0.1, 0.15) is 43.0 Å². The number of benzene rings is 1. The Labute approximate surface area is 186 Å². The molecule has 0 spiro atoms. The average Bonchev–Trinajstić information content (AvgIpc) is 3.61. The second-order valence-corrected chi connectivity index (χ2v) is 8.08. The summed E-state index contributed by atoms with van der Waals surface area (Å²) in [4.78, 5) is 36.5. The van der Waals surface area contributed by atoms with Gasteiger partial charge in [0.2, 0.25) is 0 Å². The van der Waals surface area contributed by atoms with Gasteiger partial charge in [-0.2, -0.15) is 13.9 Å². The number of carbonyl (C=O) groups is 1. The molecule has 1 atom stereocenters. The molecule has 1 aliphatic carbocycles. The molecule has 2 N–H and O–H groups in total. The van der Waals surface area contributed by atoms with E-state index >= 15 is 4.39 Å². The molecule has 0 radical (unpaired) electrons. The van der Waals surface area contributed by atoms with Gasteiger partial charge in [-0.25, -0.2) is 9.07 Å². The summed E-state index contributed by atoms with van der Waals surface area (Å²) in [6.07, 6.45) is 3.24. The first-order valence-electron chi connectivity index (χ1n) is 10.3. The maximum Gasteiger partial charge on any atom is 0.352 e. The van der Waals surface area contributed by atoms with Crippen molar-refractivity contribution in [3.8, 4) is 0 Å². The van der Waals surface area contributed by atoms with Gasteiger partial charge in [0.15, 0.2) is 5.82 Å². The van der Waals surface area contributed by atoms with Crippen LogP contribution in [0.3, 0.4) is 0 Å². The number of anilines is 1. The van der Waals surface area contributed by atoms with Gasteiger partial charge in [-0.05, 0) is 25.8 Å². The summed E-state index contributed by atoms with van der Waals surface area (Å²) in [6.45, 7) is 1.54. The Balaban J connectivity index is 1.78. The Hall–Kier alpha value is -3.63. The fourth-order valence-electron chi connectivity index (χ4n) is 3.77. The predicted octanol–water partition coefficient (Wildman–Crippen LogP) is 2.58. The van der Waals surface area contributed by atoms with Gasteiger partial charge in [-0.15, -0.1) is 0 Å². The fourth-order valence-corrected chi connectivity index (χ4v) is 3.77. The number of nitrogens with zero attached hydrogens (tertiary/aromatic N) is 3. The second kappa shape index (κ2) is 8.05. The van der Waals surface area contributed by atoms with Crippen molar-refractivity contribution in [3.63, 3.8) is 0 Å². The highest BCUT2D eigenvalue weighted by atomic mass is 19.3. The van der Waals surface area contributed by atoms with Gasteiger partial charge in [0.25, 0.3) is 17.0 Å². The van der Waals surface area contributed by atoms with Crippen LogP contribution < -0.4 is 21.8 Å². The van der Waals surface area contributed by atoms with Crippen LogP contribution in [-0.4, -0.2) is 27.3 Å². The lowest BCUT2D eigenvalue weighted by atomic mass is 9.99. The van der Waals surface area contributed by atoms with E-state index in [1.165, 1.54) is 36.7 Å². The summed E-state index contributed by atoms with van der Waals surface area (Å²) in [5.41, 5.74) is -1.94. The number of halogens is 3. The summed E-state index contributed by atoms with van der Waals surface area (Å²) in [7, 11) is 2.45. The van der Waals surface area contributed by atoms with Gasteiger partial charge < -0.3 is 15.2 Å². The number of amides is 1. The first-order chi connectivity index (χ1) is 15.6. The van der Waals surface area contributed by atoms with E-state index in [2.05, 4.69) is 10.4 Å². The molecule has 1 aromatic carbocycles. The number of rotatable bonds is 6. The Morgan fingerprint density at radius 2 is 1.94 bits per heavy atom. The first-order valence-corrected chi connectivity index (χ1v) is 10.3. The minimum absolute atomic E-state index is 0.0531. The number of aromatic nitrogens is 3. The van der Waals surface area contributed by atoms with Crippen LogP contribution >= 0.6 is 0 Å². The van der Waals surface area contributed by atoms with E-state index in [1.807, 2.05) is 5.32 Å². The maximum atomic E-state index is 15.1. The maximum absolute atomic E-state index is 15.1. The molecule has 1 amide bonds. The van der Waals surface area contributed by atoms with E-state index in [9.17, 15) is 23.2 Å². The van der Waals surface area contributed by atoms with Crippen LogP contribution in [0.2, 0.25) is 0 Å². The molecular formula is C22H22F3N5O3. The van der Waals surface area contributed by atoms with Gasteiger partial charge >= 0.3 is 5.92 Å². The highest BCUT2D eigenvalue weighted by molar-refractivity contribution is 5.90. The number of aryl methyl sites for hydroxylation is 1. The molecule has 4 rings (SSSR count). The van der Waals surface area contributed by atoms with Crippen molar-refractivity contribution in [1.82, 2.24) is 19.7 Å². The molecular weight excluding hydrogens is 439 g/mol. The molecule has 1 aliphatic rings. The predicted molar refractivity (Wildman–Crippen MR) is 116 cm³/mol. The largest absolute Gasteiger partial charge is 0.361 e. The molecule has 0 aliphatic heterocycles. The van der Waals surface area contributed by atoms with E-state index in [0.717, 1.165) is 30.6 Å². The zero-order valence-corrected chi connectivity index (χ0v) is 18.2. The third kappa shape index (κ3) is 3.87. The van der Waals surface area contributed by atoms with Crippen molar-refractivity contribution in [3.05, 3.63) is 68.1 Å². The molecule has 33 heavy (non-hydrogen) atoms. The van der Waals surface area contributed by atoms with E-state index < -0.39 is 34.8 Å². The summed E-state index contributed by atoms with van der Waals surface area (Å²) in [5, 5.41) is 9.51.